The summed E-state index contributed by atoms with van der Waals surface area (Å²) in [5.74, 6) is 0.726. The van der Waals surface area contributed by atoms with Gasteiger partial charge in [-0.25, -0.2) is 4.68 Å². The van der Waals surface area contributed by atoms with Crippen molar-refractivity contribution in [3.8, 4) is 11.4 Å². The van der Waals surface area contributed by atoms with Crippen LogP contribution in [-0.2, 0) is 13.0 Å². The maximum Gasteiger partial charge on any atom is 0.254 e. The first-order chi connectivity index (χ1) is 12.6. The average Bonchev–Trinajstić information content (AvgIpc) is 3.17. The molecule has 6 heteroatoms. The van der Waals surface area contributed by atoms with Crippen molar-refractivity contribution in [3.05, 3.63) is 65.2 Å². The van der Waals surface area contributed by atoms with Gasteiger partial charge in [-0.15, -0.1) is 5.10 Å². The topological polar surface area (TPSA) is 63.9 Å². The molecule has 0 radical (unpaired) electrons. The Hall–Kier alpha value is -3.02. The molecule has 0 N–H and O–H groups in total. The van der Waals surface area contributed by atoms with E-state index >= 15 is 0 Å². The van der Waals surface area contributed by atoms with Gasteiger partial charge in [0.1, 0.15) is 0 Å². The van der Waals surface area contributed by atoms with E-state index in [9.17, 15) is 4.79 Å². The number of nitrogens with zero attached hydrogens (tertiary/aromatic N) is 5. The highest BCUT2D eigenvalue weighted by Gasteiger charge is 2.22. The van der Waals surface area contributed by atoms with Crippen molar-refractivity contribution in [2.75, 3.05) is 6.54 Å². The van der Waals surface area contributed by atoms with E-state index in [0.29, 0.717) is 17.9 Å². The van der Waals surface area contributed by atoms with E-state index in [-0.39, 0.29) is 11.9 Å². The summed E-state index contributed by atoms with van der Waals surface area (Å²) in [6.07, 6.45) is 0.896. The van der Waals surface area contributed by atoms with Crippen LogP contribution in [0.4, 0.5) is 0 Å². The molecule has 132 valence electrons. The van der Waals surface area contributed by atoms with Crippen LogP contribution in [0.2, 0.25) is 0 Å². The molecule has 1 aliphatic heterocycles. The summed E-state index contributed by atoms with van der Waals surface area (Å²) in [4.78, 5) is 14.9. The van der Waals surface area contributed by atoms with E-state index in [2.05, 4.69) is 33.7 Å². The lowest BCUT2D eigenvalue weighted by Crippen LogP contribution is -2.35. The van der Waals surface area contributed by atoms with Gasteiger partial charge in [-0.05, 0) is 54.0 Å². The fraction of sp³-hybridized carbons (Fsp3) is 0.300. The van der Waals surface area contributed by atoms with Gasteiger partial charge in [-0.2, -0.15) is 0 Å². The second kappa shape index (κ2) is 6.71. The van der Waals surface area contributed by atoms with Crippen molar-refractivity contribution < 1.29 is 4.79 Å². The van der Waals surface area contributed by atoms with E-state index in [1.165, 1.54) is 11.1 Å². The molecular formula is C20H21N5O. The fourth-order valence-corrected chi connectivity index (χ4v) is 3.37. The molecule has 2 aromatic carbocycles. The molecule has 0 spiro atoms. The van der Waals surface area contributed by atoms with Gasteiger partial charge in [0.05, 0.1) is 6.04 Å². The zero-order valence-electron chi connectivity index (χ0n) is 15.0. The molecule has 2 heterocycles. The number of benzene rings is 2. The lowest BCUT2D eigenvalue weighted by molar-refractivity contribution is 0.0735. The zero-order chi connectivity index (χ0) is 18.1. The molecule has 1 amide bonds. The number of fused-ring (bicyclic) bond motifs is 1. The Balaban J connectivity index is 1.61. The predicted molar refractivity (Wildman–Crippen MR) is 98.5 cm³/mol. The number of carbonyl (C=O) groups is 1. The van der Waals surface area contributed by atoms with E-state index in [4.69, 9.17) is 0 Å². The molecule has 0 fully saturated rings. The van der Waals surface area contributed by atoms with Crippen molar-refractivity contribution in [3.63, 3.8) is 0 Å². The predicted octanol–water partition coefficient (Wildman–Crippen LogP) is 3.12. The summed E-state index contributed by atoms with van der Waals surface area (Å²) in [7, 11) is 0. The minimum atomic E-state index is 0.0462. The molecule has 0 bridgehead atoms. The zero-order valence-corrected chi connectivity index (χ0v) is 15.0. The van der Waals surface area contributed by atoms with Gasteiger partial charge in [0.25, 0.3) is 5.91 Å². The molecule has 26 heavy (non-hydrogen) atoms. The van der Waals surface area contributed by atoms with Crippen LogP contribution < -0.4 is 0 Å². The van der Waals surface area contributed by atoms with Gasteiger partial charge in [0.15, 0.2) is 5.82 Å². The van der Waals surface area contributed by atoms with Gasteiger partial charge >= 0.3 is 0 Å². The third kappa shape index (κ3) is 2.98. The van der Waals surface area contributed by atoms with Crippen LogP contribution in [-0.4, -0.2) is 37.6 Å². The smallest absolute Gasteiger partial charge is 0.254 e. The largest absolute Gasteiger partial charge is 0.334 e. The molecule has 0 saturated carbocycles. The molecule has 1 aliphatic rings. The second-order valence-corrected chi connectivity index (χ2v) is 6.87. The van der Waals surface area contributed by atoms with Crippen LogP contribution in [0.15, 0.2) is 48.5 Å². The highest BCUT2D eigenvalue weighted by molar-refractivity contribution is 5.95. The van der Waals surface area contributed by atoms with Crippen molar-refractivity contribution in [1.82, 2.24) is 25.1 Å². The van der Waals surface area contributed by atoms with E-state index < -0.39 is 0 Å². The van der Waals surface area contributed by atoms with Crippen molar-refractivity contribution in [2.45, 2.75) is 32.9 Å². The summed E-state index contributed by atoms with van der Waals surface area (Å²) < 4.78 is 1.76. The van der Waals surface area contributed by atoms with Crippen LogP contribution in [0, 0.1) is 0 Å². The summed E-state index contributed by atoms with van der Waals surface area (Å²) in [6.45, 7) is 5.45. The molecule has 0 saturated heterocycles. The third-order valence-electron chi connectivity index (χ3n) is 4.77. The molecule has 0 aliphatic carbocycles. The highest BCUT2D eigenvalue weighted by Crippen LogP contribution is 2.23. The van der Waals surface area contributed by atoms with Crippen LogP contribution in [0.3, 0.4) is 0 Å². The van der Waals surface area contributed by atoms with Crippen LogP contribution in [0.5, 0.6) is 0 Å². The molecule has 3 aromatic rings. The summed E-state index contributed by atoms with van der Waals surface area (Å²) in [5.41, 5.74) is 4.08. The maximum atomic E-state index is 13.0. The Kier molecular flexibility index (Phi) is 4.24. The van der Waals surface area contributed by atoms with Crippen LogP contribution in [0.25, 0.3) is 11.4 Å². The number of amides is 1. The maximum absolute atomic E-state index is 13.0. The van der Waals surface area contributed by atoms with Crippen molar-refractivity contribution in [2.24, 2.45) is 0 Å². The Morgan fingerprint density at radius 3 is 2.69 bits per heavy atom. The molecule has 0 unspecified atom stereocenters. The van der Waals surface area contributed by atoms with Gasteiger partial charge in [-0.1, -0.05) is 36.4 Å². The molecular weight excluding hydrogens is 326 g/mol. The number of hydrogen-bond donors (Lipinski definition) is 0. The Bertz CT molecular complexity index is 947. The third-order valence-corrected chi connectivity index (χ3v) is 4.77. The van der Waals surface area contributed by atoms with Crippen LogP contribution in [0.1, 0.15) is 41.4 Å². The van der Waals surface area contributed by atoms with Crippen LogP contribution >= 0.6 is 0 Å². The number of carbonyl (C=O) groups excluding carboxylic acids is 1. The highest BCUT2D eigenvalue weighted by atomic mass is 16.2. The standard InChI is InChI=1S/C20H21N5O/c1-14(2)25-19(21-22-23-25)16-8-5-9-17(12-16)20(26)24-11-10-15-6-3-4-7-18(15)13-24/h3-9,12,14H,10-11,13H2,1-2H3. The molecule has 0 atom stereocenters. The number of hydrogen-bond acceptors (Lipinski definition) is 4. The number of aromatic nitrogens is 4. The second-order valence-electron chi connectivity index (χ2n) is 6.87. The normalized spacial score (nSPS) is 13.7. The first-order valence-electron chi connectivity index (χ1n) is 8.88. The van der Waals surface area contributed by atoms with E-state index in [1.807, 2.05) is 49.1 Å². The Morgan fingerprint density at radius 2 is 1.88 bits per heavy atom. The first-order valence-corrected chi connectivity index (χ1v) is 8.88. The molecule has 4 rings (SSSR count). The Morgan fingerprint density at radius 1 is 1.08 bits per heavy atom. The lowest BCUT2D eigenvalue weighted by atomic mass is 9.99. The van der Waals surface area contributed by atoms with E-state index in [1.54, 1.807) is 4.68 Å². The van der Waals surface area contributed by atoms with Gasteiger partial charge in [-0.3, -0.25) is 4.79 Å². The van der Waals surface area contributed by atoms with Crippen molar-refractivity contribution >= 4 is 5.91 Å². The van der Waals surface area contributed by atoms with Gasteiger partial charge in [0, 0.05) is 24.2 Å². The first kappa shape index (κ1) is 16.4. The summed E-state index contributed by atoms with van der Waals surface area (Å²) >= 11 is 0. The monoisotopic (exact) mass is 347 g/mol. The summed E-state index contributed by atoms with van der Waals surface area (Å²) in [5, 5.41) is 11.9. The molecule has 1 aromatic heterocycles. The fourth-order valence-electron chi connectivity index (χ4n) is 3.37. The average molecular weight is 347 g/mol. The minimum absolute atomic E-state index is 0.0462. The number of rotatable bonds is 3. The van der Waals surface area contributed by atoms with Gasteiger partial charge in [0.2, 0.25) is 0 Å². The van der Waals surface area contributed by atoms with E-state index in [0.717, 1.165) is 18.5 Å². The van der Waals surface area contributed by atoms with Gasteiger partial charge < -0.3 is 4.90 Å². The SMILES string of the molecule is CC(C)n1nnnc1-c1cccc(C(=O)N2CCc3ccccc3C2)c1. The number of tetrazole rings is 1. The lowest BCUT2D eigenvalue weighted by Gasteiger charge is -2.29. The van der Waals surface area contributed by atoms with Crippen molar-refractivity contribution in [1.29, 1.82) is 0 Å². The molecule has 6 nitrogen and oxygen atoms in total. The summed E-state index contributed by atoms with van der Waals surface area (Å²) in [6, 6.07) is 16.0. The minimum Gasteiger partial charge on any atom is -0.334 e. The Labute approximate surface area is 152 Å². The quantitative estimate of drug-likeness (QED) is 0.730.